The third-order valence-electron chi connectivity index (χ3n) is 3.56. The van der Waals surface area contributed by atoms with E-state index in [9.17, 15) is 4.79 Å². The highest BCUT2D eigenvalue weighted by Crippen LogP contribution is 2.11. The van der Waals surface area contributed by atoms with Crippen LogP contribution in [-0.4, -0.2) is 12.3 Å². The maximum Gasteiger partial charge on any atom is 0.333 e. The Kier molecular flexibility index (Phi) is 12.2. The molecule has 0 saturated carbocycles. The minimum Gasteiger partial charge on any atom is -0.455 e. The van der Waals surface area contributed by atoms with Crippen molar-refractivity contribution < 1.29 is 14.3 Å². The van der Waals surface area contributed by atoms with Gasteiger partial charge in [-0.05, 0) is 23.3 Å². The topological polar surface area (TPSA) is 35.5 Å². The summed E-state index contributed by atoms with van der Waals surface area (Å²) in [4.78, 5) is 10.8. The summed E-state index contributed by atoms with van der Waals surface area (Å²) in [6.45, 7) is 12.2. The average Bonchev–Trinajstić information content (AvgIpc) is 2.81. The predicted molar refractivity (Wildman–Crippen MR) is 126 cm³/mol. The number of para-hydroxylation sites is 1. The van der Waals surface area contributed by atoms with Crippen LogP contribution in [-0.2, 0) is 9.53 Å². The molecule has 0 fully saturated rings. The molecule has 3 rings (SSSR count). The fourth-order valence-corrected chi connectivity index (χ4v) is 2.10. The van der Waals surface area contributed by atoms with Crippen LogP contribution in [0.2, 0.25) is 0 Å². The third kappa shape index (κ3) is 11.1. The quantitative estimate of drug-likeness (QED) is 0.259. The van der Waals surface area contributed by atoms with Crippen molar-refractivity contribution in [1.29, 1.82) is 0 Å². The van der Waals surface area contributed by atoms with Crippen LogP contribution in [0.1, 0.15) is 18.1 Å². The molecule has 0 N–H and O–H groups in total. The molecule has 0 aliphatic rings. The van der Waals surface area contributed by atoms with E-state index in [1.807, 2.05) is 91.0 Å². The molecule has 0 bridgehead atoms. The summed E-state index contributed by atoms with van der Waals surface area (Å²) in [5.41, 5.74) is 2.35. The number of carbonyl (C=O) groups is 1. The molecule has 0 heterocycles. The van der Waals surface area contributed by atoms with Gasteiger partial charge in [0.15, 0.2) is 0 Å². The van der Waals surface area contributed by atoms with Crippen molar-refractivity contribution in [2.24, 2.45) is 0 Å². The van der Waals surface area contributed by atoms with E-state index >= 15 is 0 Å². The molecule has 154 valence electrons. The van der Waals surface area contributed by atoms with E-state index in [4.69, 9.17) is 9.47 Å². The lowest BCUT2D eigenvalue weighted by Gasteiger charge is -2.13. The Labute approximate surface area is 179 Å². The zero-order valence-corrected chi connectivity index (χ0v) is 17.3. The first-order valence-corrected chi connectivity index (χ1v) is 9.48. The summed E-state index contributed by atoms with van der Waals surface area (Å²) in [5, 5.41) is 0. The Morgan fingerprint density at radius 1 is 0.733 bits per heavy atom. The lowest BCUT2D eigenvalue weighted by atomic mass is 10.2. The SMILES string of the molecule is C=CC(=O)OC(C)Oc1ccccc1.C=Cc1ccccc1.C=Cc1ccccc1. The molecule has 3 heteroatoms. The lowest BCUT2D eigenvalue weighted by Crippen LogP contribution is -2.19. The van der Waals surface area contributed by atoms with Gasteiger partial charge in [0.05, 0.1) is 0 Å². The second-order valence-electron chi connectivity index (χ2n) is 5.87. The molecule has 3 aromatic rings. The Morgan fingerprint density at radius 3 is 1.47 bits per heavy atom. The van der Waals surface area contributed by atoms with Crippen molar-refractivity contribution in [1.82, 2.24) is 0 Å². The standard InChI is InChI=1S/C11H12O3.2C8H8/c1-3-11(12)14-9(2)13-10-7-5-4-6-8-10;2*1-2-8-6-4-3-5-7-8/h3-9H,1H2,2H3;2*2-7H,1H2. The Hall–Kier alpha value is -3.85. The van der Waals surface area contributed by atoms with Crippen molar-refractivity contribution in [3.05, 3.63) is 128 Å². The first kappa shape index (κ1) is 24.2. The van der Waals surface area contributed by atoms with Crippen LogP contribution in [0.3, 0.4) is 0 Å². The van der Waals surface area contributed by atoms with Crippen molar-refractivity contribution in [2.45, 2.75) is 13.2 Å². The molecular formula is C27H28O3. The lowest BCUT2D eigenvalue weighted by molar-refractivity contribution is -0.154. The molecule has 0 aliphatic carbocycles. The molecule has 1 atom stereocenters. The van der Waals surface area contributed by atoms with Gasteiger partial charge in [-0.2, -0.15) is 0 Å². The van der Waals surface area contributed by atoms with Gasteiger partial charge in [-0.1, -0.05) is 111 Å². The van der Waals surface area contributed by atoms with Gasteiger partial charge in [-0.25, -0.2) is 4.79 Å². The summed E-state index contributed by atoms with van der Waals surface area (Å²) >= 11 is 0. The Balaban J connectivity index is 0.000000240. The van der Waals surface area contributed by atoms with Crippen molar-refractivity contribution in [2.75, 3.05) is 0 Å². The normalized spacial score (nSPS) is 9.90. The van der Waals surface area contributed by atoms with E-state index in [1.54, 1.807) is 19.1 Å². The van der Waals surface area contributed by atoms with Crippen LogP contribution in [0.15, 0.2) is 117 Å². The molecule has 0 aromatic heterocycles. The Bertz CT molecular complexity index is 828. The minimum atomic E-state index is -0.608. The van der Waals surface area contributed by atoms with Crippen molar-refractivity contribution in [3.8, 4) is 5.75 Å². The van der Waals surface area contributed by atoms with Crippen LogP contribution in [0, 0.1) is 0 Å². The average molecular weight is 401 g/mol. The zero-order chi connectivity index (χ0) is 22.0. The molecule has 3 aromatic carbocycles. The van der Waals surface area contributed by atoms with Gasteiger partial charge in [0.1, 0.15) is 5.75 Å². The van der Waals surface area contributed by atoms with Crippen LogP contribution < -0.4 is 4.74 Å². The maximum atomic E-state index is 10.8. The molecule has 0 radical (unpaired) electrons. The number of rotatable bonds is 6. The molecule has 3 nitrogen and oxygen atoms in total. The summed E-state index contributed by atoms with van der Waals surface area (Å²) in [5.74, 6) is 0.172. The van der Waals surface area contributed by atoms with Gasteiger partial charge in [0.2, 0.25) is 6.29 Å². The second-order valence-corrected chi connectivity index (χ2v) is 5.87. The molecule has 0 spiro atoms. The van der Waals surface area contributed by atoms with Gasteiger partial charge in [0.25, 0.3) is 0 Å². The first-order chi connectivity index (χ1) is 14.6. The minimum absolute atomic E-state index is 0.492. The van der Waals surface area contributed by atoms with Crippen molar-refractivity contribution in [3.63, 3.8) is 0 Å². The number of hydrogen-bond acceptors (Lipinski definition) is 3. The maximum absolute atomic E-state index is 10.8. The molecule has 30 heavy (non-hydrogen) atoms. The highest BCUT2D eigenvalue weighted by molar-refractivity contribution is 5.81. The van der Waals surface area contributed by atoms with Crippen LogP contribution in [0.5, 0.6) is 5.75 Å². The molecule has 1 unspecified atom stereocenters. The van der Waals surface area contributed by atoms with E-state index in [1.165, 1.54) is 11.1 Å². The van der Waals surface area contributed by atoms with Gasteiger partial charge >= 0.3 is 5.97 Å². The number of benzene rings is 3. The van der Waals surface area contributed by atoms with Crippen LogP contribution in [0.4, 0.5) is 0 Å². The molecular weight excluding hydrogens is 372 g/mol. The number of ether oxygens (including phenoxy) is 2. The first-order valence-electron chi connectivity index (χ1n) is 9.48. The number of esters is 1. The van der Waals surface area contributed by atoms with Crippen LogP contribution >= 0.6 is 0 Å². The fourth-order valence-electron chi connectivity index (χ4n) is 2.10. The smallest absolute Gasteiger partial charge is 0.333 e. The van der Waals surface area contributed by atoms with E-state index in [0.717, 1.165) is 6.08 Å². The number of hydrogen-bond donors (Lipinski definition) is 0. The van der Waals surface area contributed by atoms with Crippen molar-refractivity contribution >= 4 is 18.1 Å². The molecule has 0 amide bonds. The summed E-state index contributed by atoms with van der Waals surface area (Å²) < 4.78 is 10.1. The number of carbonyl (C=O) groups excluding carboxylic acids is 1. The van der Waals surface area contributed by atoms with E-state index in [2.05, 4.69) is 19.7 Å². The van der Waals surface area contributed by atoms with Gasteiger partial charge in [0, 0.05) is 13.0 Å². The second kappa shape index (κ2) is 15.1. The van der Waals surface area contributed by atoms with Gasteiger partial charge < -0.3 is 9.47 Å². The summed E-state index contributed by atoms with van der Waals surface area (Å²) in [6.07, 6.45) is 4.16. The largest absolute Gasteiger partial charge is 0.455 e. The molecule has 0 saturated heterocycles. The fraction of sp³-hybridized carbons (Fsp3) is 0.0741. The summed E-state index contributed by atoms with van der Waals surface area (Å²) in [7, 11) is 0. The highest BCUT2D eigenvalue weighted by atomic mass is 16.7. The van der Waals surface area contributed by atoms with E-state index < -0.39 is 12.3 Å². The van der Waals surface area contributed by atoms with Gasteiger partial charge in [-0.3, -0.25) is 0 Å². The predicted octanol–water partition coefficient (Wildman–Crippen LogP) is 6.80. The third-order valence-corrected chi connectivity index (χ3v) is 3.56. The molecule has 0 aliphatic heterocycles. The van der Waals surface area contributed by atoms with E-state index in [0.29, 0.717) is 5.75 Å². The monoisotopic (exact) mass is 400 g/mol. The van der Waals surface area contributed by atoms with E-state index in [-0.39, 0.29) is 0 Å². The highest BCUT2D eigenvalue weighted by Gasteiger charge is 2.06. The van der Waals surface area contributed by atoms with Gasteiger partial charge in [-0.15, -0.1) is 0 Å². The van der Waals surface area contributed by atoms with Crippen LogP contribution in [0.25, 0.3) is 12.2 Å². The zero-order valence-electron chi connectivity index (χ0n) is 17.3. The summed E-state index contributed by atoms with van der Waals surface area (Å²) in [6, 6.07) is 29.2. The Morgan fingerprint density at radius 2 is 1.13 bits per heavy atom.